The van der Waals surface area contributed by atoms with Gasteiger partial charge < -0.3 is 15.8 Å². The van der Waals surface area contributed by atoms with E-state index in [0.717, 1.165) is 16.6 Å². The van der Waals surface area contributed by atoms with E-state index in [4.69, 9.17) is 33.7 Å². The predicted molar refractivity (Wildman–Crippen MR) is 118 cm³/mol. The molecule has 0 atom stereocenters. The zero-order valence-electron chi connectivity index (χ0n) is 15.8. The number of pyridine rings is 1. The molecule has 0 saturated heterocycles. The molecule has 0 radical (unpaired) electrons. The van der Waals surface area contributed by atoms with Crippen molar-refractivity contribution in [1.29, 1.82) is 5.26 Å². The number of nitrogen functional groups attached to an aromatic ring is 1. The van der Waals surface area contributed by atoms with Crippen LogP contribution in [0.5, 0.6) is 11.5 Å². The molecule has 4 aromatic rings. The maximum Gasteiger partial charge on any atom is 0.181 e. The van der Waals surface area contributed by atoms with Crippen molar-refractivity contribution >= 4 is 45.6 Å². The first-order valence-electron chi connectivity index (χ1n) is 8.96. The number of aromatic nitrogens is 3. The highest BCUT2D eigenvalue weighted by atomic mass is 35.5. The van der Waals surface area contributed by atoms with Crippen LogP contribution in [-0.4, -0.2) is 15.2 Å². The summed E-state index contributed by atoms with van der Waals surface area (Å²) in [5.41, 5.74) is 9.93. The Morgan fingerprint density at radius 2 is 2.10 bits per heavy atom. The summed E-state index contributed by atoms with van der Waals surface area (Å²) in [5, 5.41) is 21.1. The minimum absolute atomic E-state index is 0.202. The van der Waals surface area contributed by atoms with Gasteiger partial charge in [-0.2, -0.15) is 10.4 Å². The molecule has 0 saturated carbocycles. The van der Waals surface area contributed by atoms with Gasteiger partial charge >= 0.3 is 0 Å². The van der Waals surface area contributed by atoms with Crippen molar-refractivity contribution < 1.29 is 4.74 Å². The Morgan fingerprint density at radius 1 is 1.27 bits per heavy atom. The number of rotatable bonds is 5. The number of anilines is 2. The highest BCUT2D eigenvalue weighted by molar-refractivity contribution is 6.34. The van der Waals surface area contributed by atoms with Crippen molar-refractivity contribution in [2.24, 2.45) is 0 Å². The zero-order chi connectivity index (χ0) is 21.3. The van der Waals surface area contributed by atoms with Crippen LogP contribution in [0.1, 0.15) is 16.8 Å². The van der Waals surface area contributed by atoms with Crippen molar-refractivity contribution in [2.45, 2.75) is 13.5 Å². The van der Waals surface area contributed by atoms with Crippen LogP contribution in [0.2, 0.25) is 10.0 Å². The fraction of sp³-hybridized carbons (Fsp3) is 0.0952. The summed E-state index contributed by atoms with van der Waals surface area (Å²) in [6.07, 6.45) is 1.69. The van der Waals surface area contributed by atoms with Gasteiger partial charge in [0.1, 0.15) is 16.8 Å². The number of nitrogens with one attached hydrogen (secondary N) is 2. The van der Waals surface area contributed by atoms with E-state index in [1.807, 2.05) is 19.1 Å². The van der Waals surface area contributed by atoms with Crippen molar-refractivity contribution in [1.82, 2.24) is 15.2 Å². The number of aromatic amines is 1. The van der Waals surface area contributed by atoms with Crippen LogP contribution in [0.4, 0.5) is 11.4 Å². The average molecular weight is 439 g/mol. The lowest BCUT2D eigenvalue weighted by Gasteiger charge is -2.16. The van der Waals surface area contributed by atoms with Gasteiger partial charge in [0.15, 0.2) is 11.4 Å². The summed E-state index contributed by atoms with van der Waals surface area (Å²) >= 11 is 12.6. The highest BCUT2D eigenvalue weighted by Gasteiger charge is 2.16. The van der Waals surface area contributed by atoms with Crippen molar-refractivity contribution in [3.63, 3.8) is 0 Å². The molecule has 0 amide bonds. The quantitative estimate of drug-likeness (QED) is 0.358. The molecule has 0 aliphatic rings. The lowest BCUT2D eigenvalue weighted by atomic mass is 10.1. The van der Waals surface area contributed by atoms with E-state index in [9.17, 15) is 5.26 Å². The van der Waals surface area contributed by atoms with E-state index in [0.29, 0.717) is 39.9 Å². The number of ether oxygens (including phenoxy) is 1. The summed E-state index contributed by atoms with van der Waals surface area (Å²) in [5.74, 6) is 0.568. The molecule has 0 aliphatic heterocycles. The SMILES string of the molecule is Cc1cc(C#N)c(Cl)c(Oc2c(Cl)ccc(NCc3[nH]nc4ncccc34)c2N)c1. The number of aryl methyl sites for hydroxylation is 1. The van der Waals surface area contributed by atoms with Gasteiger partial charge in [-0.25, -0.2) is 4.98 Å². The van der Waals surface area contributed by atoms with E-state index < -0.39 is 0 Å². The third-order valence-corrected chi connectivity index (χ3v) is 5.22. The van der Waals surface area contributed by atoms with Crippen LogP contribution in [-0.2, 0) is 6.54 Å². The van der Waals surface area contributed by atoms with E-state index in [1.54, 1.807) is 30.5 Å². The Kier molecular flexibility index (Phi) is 5.36. The molecule has 0 bridgehead atoms. The van der Waals surface area contributed by atoms with E-state index in [1.165, 1.54) is 0 Å². The number of nitriles is 1. The van der Waals surface area contributed by atoms with Crippen LogP contribution in [0.3, 0.4) is 0 Å². The first-order valence-corrected chi connectivity index (χ1v) is 9.71. The van der Waals surface area contributed by atoms with Gasteiger partial charge in [0.25, 0.3) is 0 Å². The number of H-pyrrole nitrogens is 1. The second-order valence-electron chi connectivity index (χ2n) is 6.61. The van der Waals surface area contributed by atoms with Gasteiger partial charge in [-0.05, 0) is 48.9 Å². The van der Waals surface area contributed by atoms with Crippen molar-refractivity contribution in [3.8, 4) is 17.6 Å². The van der Waals surface area contributed by atoms with Crippen LogP contribution in [0.15, 0.2) is 42.6 Å². The summed E-state index contributed by atoms with van der Waals surface area (Å²) in [6.45, 7) is 2.29. The number of benzene rings is 2. The van der Waals surface area contributed by atoms with Gasteiger partial charge in [0.2, 0.25) is 0 Å². The minimum Gasteiger partial charge on any atom is -0.452 e. The fourth-order valence-corrected chi connectivity index (χ4v) is 3.45. The first-order chi connectivity index (χ1) is 14.5. The number of nitrogens with zero attached hydrogens (tertiary/aromatic N) is 3. The highest BCUT2D eigenvalue weighted by Crippen LogP contribution is 2.42. The molecular formula is C21H16Cl2N6O. The minimum atomic E-state index is 0.202. The first kappa shape index (κ1) is 19.8. The summed E-state index contributed by atoms with van der Waals surface area (Å²) in [7, 11) is 0. The van der Waals surface area contributed by atoms with Crippen LogP contribution in [0.25, 0.3) is 11.0 Å². The second kappa shape index (κ2) is 8.11. The molecule has 150 valence electrons. The lowest BCUT2D eigenvalue weighted by molar-refractivity contribution is 0.485. The van der Waals surface area contributed by atoms with Gasteiger partial charge in [0, 0.05) is 11.6 Å². The van der Waals surface area contributed by atoms with Gasteiger partial charge in [-0.3, -0.25) is 5.10 Å². The Hall–Kier alpha value is -3.47. The molecule has 0 unspecified atom stereocenters. The maximum atomic E-state index is 9.26. The molecule has 2 aromatic heterocycles. The van der Waals surface area contributed by atoms with Crippen molar-refractivity contribution in [3.05, 3.63) is 69.5 Å². The van der Waals surface area contributed by atoms with Gasteiger partial charge in [0.05, 0.1) is 34.2 Å². The van der Waals surface area contributed by atoms with Crippen LogP contribution < -0.4 is 15.8 Å². The Balaban J connectivity index is 1.63. The maximum absolute atomic E-state index is 9.26. The molecule has 0 spiro atoms. The van der Waals surface area contributed by atoms with Gasteiger partial charge in [-0.15, -0.1) is 0 Å². The zero-order valence-corrected chi connectivity index (χ0v) is 17.3. The smallest absolute Gasteiger partial charge is 0.181 e. The standard InChI is InChI=1S/C21H16Cl2N6O/c1-11-7-12(9-24)18(23)17(8-11)30-20-14(22)4-5-15(19(20)25)27-10-16-13-3-2-6-26-21(13)29-28-16/h2-8,27H,10,25H2,1H3,(H,26,28,29). The predicted octanol–water partition coefficient (Wildman–Crippen LogP) is 5.43. The molecule has 2 heterocycles. The number of halogens is 2. The topological polar surface area (TPSA) is 113 Å². The number of hydrogen-bond donors (Lipinski definition) is 3. The second-order valence-corrected chi connectivity index (χ2v) is 7.39. The van der Waals surface area contributed by atoms with E-state index >= 15 is 0 Å². The molecule has 4 rings (SSSR count). The largest absolute Gasteiger partial charge is 0.452 e. The third kappa shape index (κ3) is 3.71. The van der Waals surface area contributed by atoms with Crippen LogP contribution >= 0.6 is 23.2 Å². The fourth-order valence-electron chi connectivity index (χ4n) is 3.05. The van der Waals surface area contributed by atoms with Crippen LogP contribution in [0, 0.1) is 18.3 Å². The molecule has 0 aliphatic carbocycles. The number of nitrogens with two attached hydrogens (primary N) is 1. The normalized spacial score (nSPS) is 10.7. The van der Waals surface area contributed by atoms with Gasteiger partial charge in [-0.1, -0.05) is 23.2 Å². The van der Waals surface area contributed by atoms with Crippen molar-refractivity contribution in [2.75, 3.05) is 11.1 Å². The lowest BCUT2D eigenvalue weighted by Crippen LogP contribution is -2.05. The third-order valence-electron chi connectivity index (χ3n) is 4.53. The molecular weight excluding hydrogens is 423 g/mol. The molecule has 4 N–H and O–H groups in total. The molecule has 7 nitrogen and oxygen atoms in total. The summed E-state index contributed by atoms with van der Waals surface area (Å²) < 4.78 is 5.93. The monoisotopic (exact) mass is 438 g/mol. The van der Waals surface area contributed by atoms with E-state index in [-0.39, 0.29) is 10.8 Å². The molecule has 2 aromatic carbocycles. The Labute approximate surface area is 182 Å². The Morgan fingerprint density at radius 3 is 2.90 bits per heavy atom. The molecule has 30 heavy (non-hydrogen) atoms. The number of fused-ring (bicyclic) bond motifs is 1. The van der Waals surface area contributed by atoms with E-state index in [2.05, 4.69) is 26.6 Å². The number of hydrogen-bond acceptors (Lipinski definition) is 6. The summed E-state index contributed by atoms with van der Waals surface area (Å²) in [4.78, 5) is 4.21. The molecule has 0 fully saturated rings. The average Bonchev–Trinajstić information content (AvgIpc) is 3.15. The molecule has 9 heteroatoms. The summed E-state index contributed by atoms with van der Waals surface area (Å²) in [6, 6.07) is 12.7. The Bertz CT molecular complexity index is 1290.